The first-order valence-electron chi connectivity index (χ1n) is 14.3. The zero-order valence-electron chi connectivity index (χ0n) is 23.2. The van der Waals surface area contributed by atoms with Crippen LogP contribution in [0.15, 0.2) is 0 Å². The quantitative estimate of drug-likeness (QED) is 0.0868. The average molecular weight is 507 g/mol. The molecule has 0 rings (SSSR count). The molecule has 0 radical (unpaired) electrons. The minimum atomic E-state index is -3.20. The lowest BCUT2D eigenvalue weighted by Gasteiger charge is -2.38. The van der Waals surface area contributed by atoms with E-state index in [1.54, 1.807) is 0 Å². The molecule has 0 aromatic carbocycles. The standard InChI is InChI=1S/C26H58O5Si2/c1-7-13-15-17-19-21-23-25-32(27-9-3,26-24-22-20-18-16-14-8-2)31-33(28-10-4,29-11-5)30-12-6/h7-26H2,1-6H3. The summed E-state index contributed by atoms with van der Waals surface area (Å²) in [5, 5.41) is 0. The van der Waals surface area contributed by atoms with Crippen LogP contribution in [0.1, 0.15) is 131 Å². The molecule has 0 aliphatic rings. The molecule has 0 aromatic rings. The Morgan fingerprint density at radius 3 is 1.06 bits per heavy atom. The van der Waals surface area contributed by atoms with Crippen LogP contribution in [0.4, 0.5) is 0 Å². The van der Waals surface area contributed by atoms with E-state index in [9.17, 15) is 0 Å². The molecule has 0 bridgehead atoms. The summed E-state index contributed by atoms with van der Waals surface area (Å²) in [6.45, 7) is 14.8. The van der Waals surface area contributed by atoms with Crippen LogP contribution in [0.3, 0.4) is 0 Å². The predicted molar refractivity (Wildman–Crippen MR) is 145 cm³/mol. The van der Waals surface area contributed by atoms with Crippen molar-refractivity contribution >= 4 is 17.6 Å². The van der Waals surface area contributed by atoms with Gasteiger partial charge < -0.3 is 21.8 Å². The zero-order valence-corrected chi connectivity index (χ0v) is 25.2. The van der Waals surface area contributed by atoms with E-state index in [4.69, 9.17) is 21.8 Å². The smallest absolute Gasteiger partial charge is 0.395 e. The van der Waals surface area contributed by atoms with E-state index in [0.29, 0.717) is 26.4 Å². The summed E-state index contributed by atoms with van der Waals surface area (Å²) in [4.78, 5) is 0. The van der Waals surface area contributed by atoms with Crippen molar-refractivity contribution in [2.45, 2.75) is 144 Å². The van der Waals surface area contributed by atoms with Crippen molar-refractivity contribution in [2.75, 3.05) is 26.4 Å². The molecule has 0 atom stereocenters. The molecule has 0 aliphatic heterocycles. The van der Waals surface area contributed by atoms with E-state index >= 15 is 0 Å². The van der Waals surface area contributed by atoms with Crippen molar-refractivity contribution in [1.82, 2.24) is 0 Å². The maximum absolute atomic E-state index is 6.87. The molecule has 0 spiro atoms. The molecule has 0 N–H and O–H groups in total. The van der Waals surface area contributed by atoms with Crippen molar-refractivity contribution in [1.29, 1.82) is 0 Å². The summed E-state index contributed by atoms with van der Waals surface area (Å²) in [5.74, 6) is 0. The lowest BCUT2D eigenvalue weighted by molar-refractivity contribution is -0.00361. The van der Waals surface area contributed by atoms with Gasteiger partial charge in [-0.15, -0.1) is 0 Å². The fourth-order valence-electron chi connectivity index (χ4n) is 4.34. The second-order valence-corrected chi connectivity index (χ2v) is 14.8. The Kier molecular flexibility index (Phi) is 22.8. The van der Waals surface area contributed by atoms with Crippen LogP contribution < -0.4 is 0 Å². The van der Waals surface area contributed by atoms with E-state index in [0.717, 1.165) is 24.9 Å². The zero-order chi connectivity index (χ0) is 24.7. The molecule has 0 saturated carbocycles. The second kappa shape index (κ2) is 22.7. The molecule has 33 heavy (non-hydrogen) atoms. The van der Waals surface area contributed by atoms with Gasteiger partial charge >= 0.3 is 17.6 Å². The molecule has 0 saturated heterocycles. The third kappa shape index (κ3) is 16.5. The maximum Gasteiger partial charge on any atom is 0.670 e. The fourth-order valence-corrected chi connectivity index (χ4v) is 11.9. The SMILES string of the molecule is CCCCCCCCC[Si](CCCCCCCCC)(OCC)O[Si](OCC)(OCC)OCC. The van der Waals surface area contributed by atoms with E-state index in [-0.39, 0.29) is 0 Å². The van der Waals surface area contributed by atoms with E-state index < -0.39 is 17.6 Å². The van der Waals surface area contributed by atoms with Gasteiger partial charge in [0.25, 0.3) is 0 Å². The second-order valence-electron chi connectivity index (χ2n) is 8.99. The highest BCUT2D eigenvalue weighted by Gasteiger charge is 2.53. The van der Waals surface area contributed by atoms with Crippen LogP contribution in [-0.4, -0.2) is 44.0 Å². The molecule has 0 fully saturated rings. The minimum Gasteiger partial charge on any atom is -0.395 e. The van der Waals surface area contributed by atoms with Gasteiger partial charge in [0.05, 0.1) is 0 Å². The first-order chi connectivity index (χ1) is 16.1. The van der Waals surface area contributed by atoms with E-state index in [1.807, 2.05) is 20.8 Å². The van der Waals surface area contributed by atoms with Crippen molar-refractivity contribution in [2.24, 2.45) is 0 Å². The lowest BCUT2D eigenvalue weighted by Crippen LogP contribution is -2.59. The average Bonchev–Trinajstić information content (AvgIpc) is 2.78. The Bertz CT molecular complexity index is 377. The van der Waals surface area contributed by atoms with Gasteiger partial charge in [0.15, 0.2) is 0 Å². The number of rotatable bonds is 26. The Morgan fingerprint density at radius 1 is 0.394 bits per heavy atom. The first kappa shape index (κ1) is 33.2. The first-order valence-corrected chi connectivity index (χ1v) is 18.2. The predicted octanol–water partition coefficient (Wildman–Crippen LogP) is 8.53. The van der Waals surface area contributed by atoms with E-state index in [2.05, 4.69) is 20.8 Å². The monoisotopic (exact) mass is 506 g/mol. The highest BCUT2D eigenvalue weighted by atomic mass is 28.5. The third-order valence-electron chi connectivity index (χ3n) is 6.00. The van der Waals surface area contributed by atoms with Gasteiger partial charge in [0, 0.05) is 26.4 Å². The van der Waals surface area contributed by atoms with Crippen LogP contribution in [0.5, 0.6) is 0 Å². The lowest BCUT2D eigenvalue weighted by atomic mass is 10.1. The van der Waals surface area contributed by atoms with Gasteiger partial charge in [0.1, 0.15) is 0 Å². The molecule has 7 heteroatoms. The number of hydrogen-bond acceptors (Lipinski definition) is 5. The topological polar surface area (TPSA) is 46.2 Å². The third-order valence-corrected chi connectivity index (χ3v) is 13.5. The summed E-state index contributed by atoms with van der Waals surface area (Å²) in [5.41, 5.74) is 0. The van der Waals surface area contributed by atoms with Crippen LogP contribution in [-0.2, 0) is 21.8 Å². The van der Waals surface area contributed by atoms with Gasteiger partial charge in [-0.3, -0.25) is 0 Å². The van der Waals surface area contributed by atoms with Crippen LogP contribution >= 0.6 is 0 Å². The van der Waals surface area contributed by atoms with Crippen molar-refractivity contribution in [3.8, 4) is 0 Å². The van der Waals surface area contributed by atoms with Crippen LogP contribution in [0.25, 0.3) is 0 Å². The Morgan fingerprint density at radius 2 is 0.727 bits per heavy atom. The summed E-state index contributed by atoms with van der Waals surface area (Å²) >= 11 is 0. The van der Waals surface area contributed by atoms with Crippen molar-refractivity contribution in [3.63, 3.8) is 0 Å². The van der Waals surface area contributed by atoms with E-state index in [1.165, 1.54) is 77.0 Å². The molecule has 0 unspecified atom stereocenters. The number of hydrogen-bond donors (Lipinski definition) is 0. The summed E-state index contributed by atoms with van der Waals surface area (Å²) in [7, 11) is -5.71. The van der Waals surface area contributed by atoms with Gasteiger partial charge in [-0.05, 0) is 39.8 Å². The van der Waals surface area contributed by atoms with Gasteiger partial charge in [-0.1, -0.05) is 104 Å². The van der Waals surface area contributed by atoms with Gasteiger partial charge in [-0.25, -0.2) is 0 Å². The Hall–Kier alpha value is 0.234. The highest BCUT2D eigenvalue weighted by Crippen LogP contribution is 2.31. The molecule has 0 aromatic heterocycles. The molecule has 0 amide bonds. The minimum absolute atomic E-state index is 0.525. The summed E-state index contributed by atoms with van der Waals surface area (Å²) in [6.07, 6.45) is 18.1. The molecular weight excluding hydrogens is 448 g/mol. The summed E-state index contributed by atoms with van der Waals surface area (Å²) in [6, 6.07) is 2.01. The van der Waals surface area contributed by atoms with Gasteiger partial charge in [-0.2, -0.15) is 0 Å². The van der Waals surface area contributed by atoms with Crippen LogP contribution in [0.2, 0.25) is 12.1 Å². The van der Waals surface area contributed by atoms with Gasteiger partial charge in [0.2, 0.25) is 0 Å². The Labute approximate surface area is 209 Å². The normalized spacial score (nSPS) is 12.5. The van der Waals surface area contributed by atoms with Crippen LogP contribution in [0, 0.1) is 0 Å². The molecule has 0 aliphatic carbocycles. The molecule has 5 nitrogen and oxygen atoms in total. The van der Waals surface area contributed by atoms with Crippen molar-refractivity contribution in [3.05, 3.63) is 0 Å². The number of unbranched alkanes of at least 4 members (excludes halogenated alkanes) is 12. The highest BCUT2D eigenvalue weighted by molar-refractivity contribution is 6.76. The molecule has 0 heterocycles. The Balaban J connectivity index is 5.20. The summed E-state index contributed by atoms with van der Waals surface area (Å²) < 4.78 is 31.6. The fraction of sp³-hybridized carbons (Fsp3) is 1.00. The maximum atomic E-state index is 6.87. The molecule has 200 valence electrons. The molecular formula is C26H58O5Si2. The van der Waals surface area contributed by atoms with Crippen molar-refractivity contribution < 1.29 is 21.8 Å². The largest absolute Gasteiger partial charge is 0.670 e.